The molecule has 0 aromatic heterocycles. The first-order valence-corrected chi connectivity index (χ1v) is 4.58. The van der Waals surface area contributed by atoms with Gasteiger partial charge in [0.1, 0.15) is 6.04 Å². The number of imide groups is 1. The maximum atomic E-state index is 12.4. The van der Waals surface area contributed by atoms with Gasteiger partial charge in [-0.15, -0.1) is 0 Å². The molecule has 6 heteroatoms. The topological polar surface area (TPSA) is 49.4 Å². The molecule has 0 spiro atoms. The number of halogens is 2. The molecule has 1 N–H and O–H groups in total. The van der Waals surface area contributed by atoms with E-state index in [4.69, 9.17) is 0 Å². The highest BCUT2D eigenvalue weighted by Crippen LogP contribution is 2.23. The van der Waals surface area contributed by atoms with Crippen LogP contribution < -0.4 is 5.32 Å². The van der Waals surface area contributed by atoms with Gasteiger partial charge >= 0.3 is 12.6 Å². The zero-order chi connectivity index (χ0) is 11.7. The van der Waals surface area contributed by atoms with Crippen molar-refractivity contribution in [3.05, 3.63) is 35.9 Å². The molecule has 0 radical (unpaired) electrons. The third-order valence-electron chi connectivity index (χ3n) is 2.30. The molecule has 16 heavy (non-hydrogen) atoms. The Morgan fingerprint density at radius 3 is 2.31 bits per heavy atom. The van der Waals surface area contributed by atoms with E-state index in [0.717, 1.165) is 0 Å². The molecule has 1 aromatic carbocycles. The average Bonchev–Trinajstić information content (AvgIpc) is 2.55. The number of amides is 3. The highest BCUT2D eigenvalue weighted by molar-refractivity contribution is 6.04. The van der Waals surface area contributed by atoms with Crippen LogP contribution in [0.3, 0.4) is 0 Å². The number of nitrogens with one attached hydrogen (secondary N) is 1. The number of rotatable bonds is 2. The average molecular weight is 226 g/mol. The van der Waals surface area contributed by atoms with Crippen LogP contribution in [-0.2, 0) is 4.79 Å². The van der Waals surface area contributed by atoms with Gasteiger partial charge in [-0.05, 0) is 5.56 Å². The normalized spacial score (nSPS) is 20.4. The fourth-order valence-electron chi connectivity index (χ4n) is 1.55. The van der Waals surface area contributed by atoms with Gasteiger partial charge in [0, 0.05) is 0 Å². The van der Waals surface area contributed by atoms with Crippen LogP contribution in [0.25, 0.3) is 0 Å². The van der Waals surface area contributed by atoms with Crippen molar-refractivity contribution >= 4 is 11.9 Å². The van der Waals surface area contributed by atoms with Gasteiger partial charge in [0.05, 0.1) is 0 Å². The summed E-state index contributed by atoms with van der Waals surface area (Å²) in [6, 6.07) is 6.18. The number of carbonyl (C=O) groups is 2. The third-order valence-corrected chi connectivity index (χ3v) is 2.30. The van der Waals surface area contributed by atoms with Crippen molar-refractivity contribution in [1.82, 2.24) is 10.2 Å². The Morgan fingerprint density at radius 1 is 1.19 bits per heavy atom. The Kier molecular flexibility index (Phi) is 2.55. The molecule has 3 amide bonds. The molecule has 1 aliphatic rings. The fraction of sp³-hybridized carbons (Fsp3) is 0.200. The second-order valence-electron chi connectivity index (χ2n) is 3.28. The van der Waals surface area contributed by atoms with Crippen LogP contribution in [0.1, 0.15) is 11.6 Å². The summed E-state index contributed by atoms with van der Waals surface area (Å²) in [7, 11) is 0. The lowest BCUT2D eigenvalue weighted by molar-refractivity contribution is -0.136. The van der Waals surface area contributed by atoms with Crippen LogP contribution in [-0.4, -0.2) is 23.4 Å². The first kappa shape index (κ1) is 10.5. The second-order valence-corrected chi connectivity index (χ2v) is 3.28. The monoisotopic (exact) mass is 226 g/mol. The molecule has 1 aromatic rings. The van der Waals surface area contributed by atoms with Crippen LogP contribution >= 0.6 is 0 Å². The van der Waals surface area contributed by atoms with Gasteiger partial charge in [-0.2, -0.15) is 8.78 Å². The number of nitrogens with zero attached hydrogens (tertiary/aromatic N) is 1. The molecule has 0 aliphatic carbocycles. The minimum absolute atomic E-state index is 0.0718. The largest absolute Gasteiger partial charge is 0.329 e. The summed E-state index contributed by atoms with van der Waals surface area (Å²) >= 11 is 0. The van der Waals surface area contributed by atoms with E-state index in [9.17, 15) is 18.4 Å². The number of benzene rings is 1. The first-order valence-electron chi connectivity index (χ1n) is 4.58. The van der Waals surface area contributed by atoms with E-state index in [2.05, 4.69) is 5.32 Å². The molecule has 0 saturated carbocycles. The smallest absolute Gasteiger partial charge is 0.322 e. The van der Waals surface area contributed by atoms with E-state index in [-0.39, 0.29) is 4.90 Å². The Labute approximate surface area is 89.8 Å². The maximum Gasteiger partial charge on any atom is 0.329 e. The van der Waals surface area contributed by atoms with E-state index >= 15 is 0 Å². The number of carbonyl (C=O) groups excluding carboxylic acids is 2. The van der Waals surface area contributed by atoms with Crippen LogP contribution in [0.2, 0.25) is 0 Å². The zero-order valence-corrected chi connectivity index (χ0v) is 8.06. The molecule has 1 fully saturated rings. The van der Waals surface area contributed by atoms with Crippen molar-refractivity contribution < 1.29 is 18.4 Å². The summed E-state index contributed by atoms with van der Waals surface area (Å²) in [6.07, 6.45) is 0. The number of hydrogen-bond donors (Lipinski definition) is 1. The van der Waals surface area contributed by atoms with Crippen LogP contribution in [0, 0.1) is 0 Å². The lowest BCUT2D eigenvalue weighted by Gasteiger charge is -2.10. The quantitative estimate of drug-likeness (QED) is 0.613. The standard InChI is InChI=1S/C10H8F2N2O2/c11-9(12)14-8(15)7(13-10(14)16)6-4-2-1-3-5-6/h1-5,7,9H,(H,13,16). The van der Waals surface area contributed by atoms with Gasteiger partial charge < -0.3 is 5.32 Å². The SMILES string of the molecule is O=C1NC(c2ccccc2)C(=O)N1C(F)F. The summed E-state index contributed by atoms with van der Waals surface area (Å²) in [5.74, 6) is -0.925. The predicted octanol–water partition coefficient (Wildman–Crippen LogP) is 1.50. The van der Waals surface area contributed by atoms with Gasteiger partial charge in [-0.1, -0.05) is 30.3 Å². The molecule has 1 heterocycles. The highest BCUT2D eigenvalue weighted by atomic mass is 19.3. The van der Waals surface area contributed by atoms with Crippen molar-refractivity contribution in [3.63, 3.8) is 0 Å². The lowest BCUT2D eigenvalue weighted by Crippen LogP contribution is -2.35. The van der Waals surface area contributed by atoms with Crippen molar-refractivity contribution in [2.45, 2.75) is 12.6 Å². The maximum absolute atomic E-state index is 12.4. The molecule has 0 bridgehead atoms. The van der Waals surface area contributed by atoms with Crippen molar-refractivity contribution in [1.29, 1.82) is 0 Å². The number of hydrogen-bond acceptors (Lipinski definition) is 2. The Balaban J connectivity index is 2.28. The van der Waals surface area contributed by atoms with Crippen molar-refractivity contribution in [2.24, 2.45) is 0 Å². The van der Waals surface area contributed by atoms with Gasteiger partial charge in [-0.25, -0.2) is 9.69 Å². The molecule has 1 unspecified atom stereocenters. The molecule has 4 nitrogen and oxygen atoms in total. The molecule has 1 saturated heterocycles. The number of alkyl halides is 2. The van der Waals surface area contributed by atoms with Crippen LogP contribution in [0.5, 0.6) is 0 Å². The zero-order valence-electron chi connectivity index (χ0n) is 8.06. The van der Waals surface area contributed by atoms with Crippen molar-refractivity contribution in [3.8, 4) is 0 Å². The summed E-state index contributed by atoms with van der Waals surface area (Å²) in [5.41, 5.74) is 0.490. The molecular formula is C10H8F2N2O2. The molecule has 84 valence electrons. The molecular weight excluding hydrogens is 218 g/mol. The van der Waals surface area contributed by atoms with Gasteiger partial charge in [0.15, 0.2) is 0 Å². The molecule has 1 aliphatic heterocycles. The Bertz CT molecular complexity index is 422. The second kappa shape index (κ2) is 3.88. The van der Waals surface area contributed by atoms with Crippen molar-refractivity contribution in [2.75, 3.05) is 0 Å². The minimum atomic E-state index is -3.11. The lowest BCUT2D eigenvalue weighted by atomic mass is 10.1. The van der Waals surface area contributed by atoms with E-state index in [0.29, 0.717) is 5.56 Å². The first-order chi connectivity index (χ1) is 7.61. The predicted molar refractivity (Wildman–Crippen MR) is 50.6 cm³/mol. The van der Waals surface area contributed by atoms with Gasteiger partial charge in [0.25, 0.3) is 5.91 Å². The van der Waals surface area contributed by atoms with Gasteiger partial charge in [0.2, 0.25) is 0 Å². The fourth-order valence-corrected chi connectivity index (χ4v) is 1.55. The molecule has 1 atom stereocenters. The summed E-state index contributed by atoms with van der Waals surface area (Å²) in [5, 5.41) is 2.21. The minimum Gasteiger partial charge on any atom is -0.322 e. The summed E-state index contributed by atoms with van der Waals surface area (Å²) < 4.78 is 24.7. The summed E-state index contributed by atoms with van der Waals surface area (Å²) in [6.45, 7) is -3.11. The number of urea groups is 1. The highest BCUT2D eigenvalue weighted by Gasteiger charge is 2.43. The van der Waals surface area contributed by atoms with E-state index in [1.807, 2.05) is 0 Å². The molecule has 2 rings (SSSR count). The van der Waals surface area contributed by atoms with Crippen LogP contribution in [0.15, 0.2) is 30.3 Å². The van der Waals surface area contributed by atoms with E-state index in [1.54, 1.807) is 30.3 Å². The van der Waals surface area contributed by atoms with Crippen LogP contribution in [0.4, 0.5) is 13.6 Å². The Hall–Kier alpha value is -1.98. The van der Waals surface area contributed by atoms with E-state index in [1.165, 1.54) is 0 Å². The van der Waals surface area contributed by atoms with E-state index < -0.39 is 24.5 Å². The van der Waals surface area contributed by atoms with Gasteiger partial charge in [-0.3, -0.25) is 4.79 Å². The Morgan fingerprint density at radius 2 is 1.81 bits per heavy atom. The summed E-state index contributed by atoms with van der Waals surface area (Å²) in [4.78, 5) is 22.6. The third kappa shape index (κ3) is 1.62.